The highest BCUT2D eigenvalue weighted by atomic mass is 32.1. The molecule has 0 saturated carbocycles. The average Bonchev–Trinajstić information content (AvgIpc) is 3.31. The Morgan fingerprint density at radius 2 is 0.545 bits per heavy atom. The Hall–Kier alpha value is -1.74. The van der Waals surface area contributed by atoms with Gasteiger partial charge in [-0.15, -0.1) is 0 Å². The molecule has 0 aromatic heterocycles. The second kappa shape index (κ2) is 38.1. The van der Waals surface area contributed by atoms with E-state index in [2.05, 4.69) is 177 Å². The minimum atomic E-state index is -1.11. The van der Waals surface area contributed by atoms with E-state index in [0.717, 1.165) is 0 Å². The summed E-state index contributed by atoms with van der Waals surface area (Å²) in [5.74, 6) is -4.54. The van der Waals surface area contributed by atoms with E-state index in [4.69, 9.17) is 0 Å². The third kappa shape index (κ3) is 24.7. The molecule has 0 aromatic rings. The summed E-state index contributed by atoms with van der Waals surface area (Å²) < 4.78 is 0. The van der Waals surface area contributed by atoms with Crippen LogP contribution in [0.15, 0.2) is 0 Å². The van der Waals surface area contributed by atoms with Gasteiger partial charge in [0.05, 0.1) is 18.1 Å². The first-order valence-electron chi connectivity index (χ1n) is 20.7. The second-order valence-electron chi connectivity index (χ2n) is 14.1. The Bertz CT molecular complexity index is 1550. The van der Waals surface area contributed by atoms with Crippen molar-refractivity contribution < 1.29 is 43.2 Å². The predicted octanol–water partition coefficient (Wildman–Crippen LogP) is -5.08. The van der Waals surface area contributed by atoms with E-state index in [-0.39, 0.29) is 71.4 Å². The van der Waals surface area contributed by atoms with Gasteiger partial charge in [0.2, 0.25) is 53.2 Å². The number of rotatable bonds is 36. The van der Waals surface area contributed by atoms with Gasteiger partial charge in [-0.05, 0) is 39.4 Å². The summed E-state index contributed by atoms with van der Waals surface area (Å²) >= 11 is 37.6. The summed E-state index contributed by atoms with van der Waals surface area (Å²) in [6.45, 7) is 1.05. The topological polar surface area (TPSA) is 298 Å². The first kappa shape index (κ1) is 64.3. The van der Waals surface area contributed by atoms with Crippen LogP contribution in [0.3, 0.4) is 0 Å². The molecule has 0 heterocycles. The SMILES string of the molecule is CNC(=O)[C@H](CS)NC(=O)[C@H](CS)NC(=O)[C@H](CS)NCCCCNC(=O)[C@H](CS)NC(=O)[C@H](CS)NC(=O)[C@H](CS)NCCCNC(=O)[C@H](CS)NC(=O)[C@H](CS)NC(=O)[C@H](CS)NC. The van der Waals surface area contributed by atoms with Gasteiger partial charge in [-0.2, -0.15) is 114 Å². The molecule has 0 spiro atoms. The van der Waals surface area contributed by atoms with E-state index in [1.807, 2.05) is 0 Å². The largest absolute Gasteiger partial charge is 0.357 e. The van der Waals surface area contributed by atoms with E-state index in [0.29, 0.717) is 25.8 Å². The highest BCUT2D eigenvalue weighted by Gasteiger charge is 2.30. The molecular formula is C36H68N12O9S9. The molecule has 0 saturated heterocycles. The minimum Gasteiger partial charge on any atom is -0.357 e. The molecule has 66 heavy (non-hydrogen) atoms. The molecule has 0 fully saturated rings. The summed E-state index contributed by atoms with van der Waals surface area (Å²) in [6, 6.07) is -8.26. The summed E-state index contributed by atoms with van der Waals surface area (Å²) in [6.07, 6.45) is 1.41. The number of hydrogen-bond acceptors (Lipinski definition) is 21. The minimum absolute atomic E-state index is 0.0144. The van der Waals surface area contributed by atoms with Crippen molar-refractivity contribution >= 4 is 167 Å². The van der Waals surface area contributed by atoms with Crippen LogP contribution < -0.4 is 63.8 Å². The number of hydrogen-bond donors (Lipinski definition) is 21. The van der Waals surface area contributed by atoms with Crippen molar-refractivity contribution in [1.82, 2.24) is 63.8 Å². The van der Waals surface area contributed by atoms with Gasteiger partial charge in [0.25, 0.3) is 0 Å². The van der Waals surface area contributed by atoms with E-state index < -0.39 is 108 Å². The molecule has 0 bridgehead atoms. The van der Waals surface area contributed by atoms with Crippen molar-refractivity contribution in [2.75, 3.05) is 92.1 Å². The van der Waals surface area contributed by atoms with Crippen LogP contribution in [0.25, 0.3) is 0 Å². The summed E-state index contributed by atoms with van der Waals surface area (Å²) in [4.78, 5) is 115. The van der Waals surface area contributed by atoms with Gasteiger partial charge in [-0.1, -0.05) is 0 Å². The summed E-state index contributed by atoms with van der Waals surface area (Å²) in [7, 11) is 3.01. The van der Waals surface area contributed by atoms with Crippen LogP contribution >= 0.6 is 114 Å². The van der Waals surface area contributed by atoms with Gasteiger partial charge in [0.1, 0.15) is 36.3 Å². The Balaban J connectivity index is 4.86. The first-order chi connectivity index (χ1) is 31.5. The highest BCUT2D eigenvalue weighted by molar-refractivity contribution is 7.81. The normalized spacial score (nSPS) is 15.1. The zero-order valence-electron chi connectivity index (χ0n) is 36.7. The van der Waals surface area contributed by atoms with Crippen LogP contribution in [0.5, 0.6) is 0 Å². The van der Waals surface area contributed by atoms with Crippen LogP contribution in [-0.4, -0.2) is 200 Å². The van der Waals surface area contributed by atoms with Crippen molar-refractivity contribution in [3.63, 3.8) is 0 Å². The number of unbranched alkanes of at least 4 members (excludes halogenated alkanes) is 1. The van der Waals surface area contributed by atoms with Crippen LogP contribution in [0, 0.1) is 0 Å². The van der Waals surface area contributed by atoms with Gasteiger partial charge in [-0.3, -0.25) is 43.2 Å². The number of nitrogens with one attached hydrogen (secondary N) is 12. The Morgan fingerprint density at radius 3 is 0.848 bits per heavy atom. The molecule has 0 aliphatic rings. The molecule has 0 aromatic carbocycles. The van der Waals surface area contributed by atoms with Crippen LogP contribution in [0.2, 0.25) is 0 Å². The molecule has 0 radical (unpaired) electrons. The fourth-order valence-electron chi connectivity index (χ4n) is 5.32. The number of carbonyl (C=O) groups is 9. The summed E-state index contributed by atoms with van der Waals surface area (Å²) in [5, 5.41) is 32.2. The fraction of sp³-hybridized carbons (Fsp3) is 0.750. The average molecular weight is 1100 g/mol. The monoisotopic (exact) mass is 1100 g/mol. The van der Waals surface area contributed by atoms with Crippen molar-refractivity contribution in [3.05, 3.63) is 0 Å². The lowest BCUT2D eigenvalue weighted by molar-refractivity contribution is -0.131. The van der Waals surface area contributed by atoms with Crippen LogP contribution in [0.1, 0.15) is 19.3 Å². The molecule has 380 valence electrons. The quantitative estimate of drug-likeness (QED) is 0.0207. The van der Waals surface area contributed by atoms with Gasteiger partial charge in [-0.25, -0.2) is 0 Å². The molecule has 9 atom stereocenters. The third-order valence-corrected chi connectivity index (χ3v) is 12.6. The molecule has 0 aliphatic carbocycles. The van der Waals surface area contributed by atoms with E-state index in [9.17, 15) is 43.2 Å². The van der Waals surface area contributed by atoms with E-state index >= 15 is 0 Å². The van der Waals surface area contributed by atoms with Crippen molar-refractivity contribution in [3.8, 4) is 0 Å². The predicted molar refractivity (Wildman–Crippen MR) is 287 cm³/mol. The number of likely N-dealkylation sites (N-methyl/N-ethyl adjacent to an activating group) is 2. The molecule has 0 aliphatic heterocycles. The van der Waals surface area contributed by atoms with E-state index in [1.165, 1.54) is 7.05 Å². The Kier molecular flexibility index (Phi) is 37.1. The summed E-state index contributed by atoms with van der Waals surface area (Å²) in [5.41, 5.74) is 0. The Morgan fingerprint density at radius 1 is 0.303 bits per heavy atom. The zero-order chi connectivity index (χ0) is 50.2. The lowest BCUT2D eigenvalue weighted by Crippen LogP contribution is -2.58. The van der Waals surface area contributed by atoms with Crippen molar-refractivity contribution in [2.45, 2.75) is 73.6 Å². The van der Waals surface area contributed by atoms with E-state index in [1.54, 1.807) is 7.05 Å². The first-order valence-corrected chi connectivity index (χ1v) is 26.4. The van der Waals surface area contributed by atoms with Crippen LogP contribution in [-0.2, 0) is 43.2 Å². The van der Waals surface area contributed by atoms with Crippen molar-refractivity contribution in [2.24, 2.45) is 0 Å². The van der Waals surface area contributed by atoms with Gasteiger partial charge >= 0.3 is 0 Å². The smallest absolute Gasteiger partial charge is 0.244 e. The zero-order valence-corrected chi connectivity index (χ0v) is 44.8. The third-order valence-electron chi connectivity index (χ3n) is 9.32. The lowest BCUT2D eigenvalue weighted by atomic mass is 10.2. The number of amides is 9. The number of carbonyl (C=O) groups excluding carboxylic acids is 9. The molecule has 12 N–H and O–H groups in total. The molecule has 9 amide bonds. The van der Waals surface area contributed by atoms with Crippen molar-refractivity contribution in [1.29, 1.82) is 0 Å². The standard InChI is InChI=1S/C36H68N12O9S9/c1-37-19(10-58)31(52)46-25(16-64)35(56)45-24(15-63)30(51)42-9-5-8-40-21(12-60)33(54)48-27(18-66)36(57)44-23(14-62)29(50)41-7-4-3-6-39-20(11-59)32(53)47-26(17-65)34(55)43-22(13-61)28(49)38-2/h19-27,37,39-40,58-66H,3-18H2,1-2H3,(H,38,49)(H,41,50)(H,42,51)(H,43,55)(H,44,57)(H,45,56)(H,46,52)(H,47,53)(H,48,54)/t19-,20-,21-,22-,23-,24-,25-,26-,27-/m0/s1. The maximum Gasteiger partial charge on any atom is 0.244 e. The number of thiol groups is 9. The fourth-order valence-corrected chi connectivity index (χ4v) is 7.80. The molecule has 30 heteroatoms. The van der Waals surface area contributed by atoms with Crippen LogP contribution in [0.4, 0.5) is 0 Å². The molecule has 0 rings (SSSR count). The highest BCUT2D eigenvalue weighted by Crippen LogP contribution is 2.01. The van der Waals surface area contributed by atoms with Gasteiger partial charge in [0, 0.05) is 71.9 Å². The lowest BCUT2D eigenvalue weighted by Gasteiger charge is -2.24. The van der Waals surface area contributed by atoms with Gasteiger partial charge < -0.3 is 63.8 Å². The Labute approximate surface area is 436 Å². The molecule has 0 unspecified atom stereocenters. The second-order valence-corrected chi connectivity index (χ2v) is 17.4. The molecule has 21 nitrogen and oxygen atoms in total. The maximum absolute atomic E-state index is 13.1. The maximum atomic E-state index is 13.1. The van der Waals surface area contributed by atoms with Gasteiger partial charge in [0.15, 0.2) is 0 Å². The molecular weight excluding hydrogens is 1030 g/mol.